The molecule has 0 spiro atoms. The molecule has 2 rings (SSSR count). The summed E-state index contributed by atoms with van der Waals surface area (Å²) >= 11 is 0. The van der Waals surface area contributed by atoms with Crippen LogP contribution in [0.1, 0.15) is 62.9 Å². The molecule has 0 unspecified atom stereocenters. The normalized spacial score (nSPS) is 17.1. The fourth-order valence-electron chi connectivity index (χ4n) is 1.89. The molecule has 1 aromatic rings. The Balaban J connectivity index is 1.90. The van der Waals surface area contributed by atoms with E-state index in [0.29, 0.717) is 5.82 Å². The van der Waals surface area contributed by atoms with Crippen LogP contribution in [-0.2, 0) is 10.3 Å². The van der Waals surface area contributed by atoms with Crippen molar-refractivity contribution in [3.63, 3.8) is 0 Å². The zero-order valence-corrected chi connectivity index (χ0v) is 11.1. The van der Waals surface area contributed by atoms with Gasteiger partial charge in [-0.15, -0.1) is 5.10 Å². The molecule has 0 aliphatic heterocycles. The molecule has 100 valence electrons. The molecule has 0 saturated heterocycles. The minimum absolute atomic E-state index is 0.123. The quantitative estimate of drug-likeness (QED) is 0.802. The Hall–Kier alpha value is -1.43. The van der Waals surface area contributed by atoms with Crippen molar-refractivity contribution in [2.75, 3.05) is 0 Å². The standard InChI is InChI=1S/C12H20N4O2/c1-12(2,3)11-13-9(14-15-11)10(17)16-18-8-6-4-5-7-8/h8H,4-7H2,1-3H3,(H,16,17)(H,13,14,15). The highest BCUT2D eigenvalue weighted by molar-refractivity contribution is 5.89. The van der Waals surface area contributed by atoms with E-state index in [0.717, 1.165) is 25.7 Å². The molecule has 1 aromatic heterocycles. The third-order valence-corrected chi connectivity index (χ3v) is 3.02. The van der Waals surface area contributed by atoms with Crippen LogP contribution in [0, 0.1) is 0 Å². The molecular weight excluding hydrogens is 232 g/mol. The number of rotatable bonds is 3. The number of amides is 1. The van der Waals surface area contributed by atoms with E-state index in [2.05, 4.69) is 20.7 Å². The van der Waals surface area contributed by atoms with E-state index in [4.69, 9.17) is 4.84 Å². The molecule has 1 heterocycles. The van der Waals surface area contributed by atoms with E-state index in [1.165, 1.54) is 0 Å². The Kier molecular flexibility index (Phi) is 3.65. The molecule has 1 aliphatic rings. The largest absolute Gasteiger partial charge is 0.314 e. The third-order valence-electron chi connectivity index (χ3n) is 3.02. The van der Waals surface area contributed by atoms with E-state index in [-0.39, 0.29) is 17.3 Å². The SMILES string of the molecule is CC(C)(C)c1nc(C(=O)NOC2CCCC2)n[nH]1. The topological polar surface area (TPSA) is 79.9 Å². The average Bonchev–Trinajstić information content (AvgIpc) is 2.96. The summed E-state index contributed by atoms with van der Waals surface area (Å²) < 4.78 is 0. The summed E-state index contributed by atoms with van der Waals surface area (Å²) in [6.07, 6.45) is 4.46. The molecule has 0 aromatic carbocycles. The van der Waals surface area contributed by atoms with E-state index in [1.54, 1.807) is 0 Å². The lowest BCUT2D eigenvalue weighted by Gasteiger charge is -2.13. The Labute approximate surface area is 106 Å². The van der Waals surface area contributed by atoms with Gasteiger partial charge in [0.2, 0.25) is 5.82 Å². The van der Waals surface area contributed by atoms with Crippen molar-refractivity contribution in [3.05, 3.63) is 11.6 Å². The Bertz CT molecular complexity index is 416. The van der Waals surface area contributed by atoms with Gasteiger partial charge in [-0.1, -0.05) is 33.6 Å². The van der Waals surface area contributed by atoms with Gasteiger partial charge in [0, 0.05) is 5.41 Å². The van der Waals surface area contributed by atoms with Gasteiger partial charge in [-0.05, 0) is 12.8 Å². The van der Waals surface area contributed by atoms with Gasteiger partial charge >= 0.3 is 5.91 Å². The van der Waals surface area contributed by atoms with E-state index >= 15 is 0 Å². The first-order valence-electron chi connectivity index (χ1n) is 6.35. The number of H-pyrrole nitrogens is 1. The number of hydroxylamine groups is 1. The van der Waals surface area contributed by atoms with Gasteiger partial charge in [0.1, 0.15) is 5.82 Å². The third kappa shape index (κ3) is 3.07. The maximum absolute atomic E-state index is 11.8. The number of aromatic nitrogens is 3. The highest BCUT2D eigenvalue weighted by Gasteiger charge is 2.22. The van der Waals surface area contributed by atoms with Gasteiger partial charge in [0.25, 0.3) is 0 Å². The summed E-state index contributed by atoms with van der Waals surface area (Å²) in [7, 11) is 0. The predicted octanol–water partition coefficient (Wildman–Crippen LogP) is 1.71. The zero-order valence-electron chi connectivity index (χ0n) is 11.1. The van der Waals surface area contributed by atoms with Crippen LogP contribution in [0.3, 0.4) is 0 Å². The van der Waals surface area contributed by atoms with Crippen molar-refractivity contribution in [2.45, 2.75) is 58.0 Å². The van der Waals surface area contributed by atoms with Crippen LogP contribution < -0.4 is 5.48 Å². The maximum atomic E-state index is 11.8. The fraction of sp³-hybridized carbons (Fsp3) is 0.750. The second-order valence-corrected chi connectivity index (χ2v) is 5.71. The molecule has 1 amide bonds. The first-order valence-corrected chi connectivity index (χ1v) is 6.35. The van der Waals surface area contributed by atoms with E-state index in [1.807, 2.05) is 20.8 Å². The second kappa shape index (κ2) is 5.06. The van der Waals surface area contributed by atoms with Gasteiger partial charge in [0.05, 0.1) is 6.10 Å². The monoisotopic (exact) mass is 252 g/mol. The van der Waals surface area contributed by atoms with Crippen molar-refractivity contribution in [3.8, 4) is 0 Å². The van der Waals surface area contributed by atoms with Crippen molar-refractivity contribution < 1.29 is 9.63 Å². The van der Waals surface area contributed by atoms with Crippen molar-refractivity contribution >= 4 is 5.91 Å². The highest BCUT2D eigenvalue weighted by atomic mass is 16.7. The lowest BCUT2D eigenvalue weighted by Crippen LogP contribution is -2.29. The van der Waals surface area contributed by atoms with Crippen LogP contribution in [0.25, 0.3) is 0 Å². The van der Waals surface area contributed by atoms with Gasteiger partial charge < -0.3 is 0 Å². The summed E-state index contributed by atoms with van der Waals surface area (Å²) in [6, 6.07) is 0. The number of hydrogen-bond acceptors (Lipinski definition) is 4. The smallest absolute Gasteiger partial charge is 0.270 e. The van der Waals surface area contributed by atoms with Gasteiger partial charge in [-0.25, -0.2) is 10.5 Å². The molecule has 2 N–H and O–H groups in total. The number of nitrogens with zero attached hydrogens (tertiary/aromatic N) is 2. The minimum Gasteiger partial charge on any atom is -0.270 e. The summed E-state index contributed by atoms with van der Waals surface area (Å²) in [4.78, 5) is 21.2. The van der Waals surface area contributed by atoms with Crippen molar-refractivity contribution in [1.29, 1.82) is 0 Å². The van der Waals surface area contributed by atoms with E-state index in [9.17, 15) is 4.79 Å². The van der Waals surface area contributed by atoms with Gasteiger partial charge in [0.15, 0.2) is 0 Å². The number of carbonyl (C=O) groups excluding carboxylic acids is 1. The average molecular weight is 252 g/mol. The van der Waals surface area contributed by atoms with Crippen LogP contribution in [0.2, 0.25) is 0 Å². The van der Waals surface area contributed by atoms with Crippen molar-refractivity contribution in [2.24, 2.45) is 0 Å². The molecule has 1 fully saturated rings. The number of nitrogens with one attached hydrogen (secondary N) is 2. The van der Waals surface area contributed by atoms with Crippen LogP contribution in [-0.4, -0.2) is 27.2 Å². The predicted molar refractivity (Wildman–Crippen MR) is 65.9 cm³/mol. The van der Waals surface area contributed by atoms with E-state index < -0.39 is 5.91 Å². The van der Waals surface area contributed by atoms with Crippen LogP contribution in [0.4, 0.5) is 0 Å². The summed E-state index contributed by atoms with van der Waals surface area (Å²) in [5, 5.41) is 6.68. The zero-order chi connectivity index (χ0) is 13.2. The van der Waals surface area contributed by atoms with Crippen LogP contribution in [0.15, 0.2) is 0 Å². The first-order chi connectivity index (χ1) is 8.47. The minimum atomic E-state index is -0.395. The summed E-state index contributed by atoms with van der Waals surface area (Å²) in [6.45, 7) is 6.01. The molecular formula is C12H20N4O2. The number of carbonyl (C=O) groups is 1. The Morgan fingerprint density at radius 2 is 2.06 bits per heavy atom. The second-order valence-electron chi connectivity index (χ2n) is 5.71. The number of aromatic amines is 1. The van der Waals surface area contributed by atoms with Crippen molar-refractivity contribution in [1.82, 2.24) is 20.7 Å². The highest BCUT2D eigenvalue weighted by Crippen LogP contribution is 2.20. The first kappa shape index (κ1) is 13.0. The molecule has 1 saturated carbocycles. The summed E-state index contributed by atoms with van der Waals surface area (Å²) in [5.74, 6) is 0.417. The van der Waals surface area contributed by atoms with Gasteiger partial charge in [-0.2, -0.15) is 0 Å². The van der Waals surface area contributed by atoms with Gasteiger partial charge in [-0.3, -0.25) is 14.7 Å². The van der Waals surface area contributed by atoms with Crippen LogP contribution in [0.5, 0.6) is 0 Å². The fourth-order valence-corrected chi connectivity index (χ4v) is 1.89. The Morgan fingerprint density at radius 1 is 1.39 bits per heavy atom. The lowest BCUT2D eigenvalue weighted by atomic mass is 9.96. The molecule has 6 nitrogen and oxygen atoms in total. The maximum Gasteiger partial charge on any atom is 0.314 e. The molecule has 1 aliphatic carbocycles. The summed E-state index contributed by atoms with van der Waals surface area (Å²) in [5.41, 5.74) is 2.27. The molecule has 0 radical (unpaired) electrons. The molecule has 6 heteroatoms. The molecule has 18 heavy (non-hydrogen) atoms. The number of hydrogen-bond donors (Lipinski definition) is 2. The molecule has 0 bridgehead atoms. The van der Waals surface area contributed by atoms with Crippen LogP contribution >= 0.6 is 0 Å². The Morgan fingerprint density at radius 3 is 2.61 bits per heavy atom. The molecule has 0 atom stereocenters. The lowest BCUT2D eigenvalue weighted by molar-refractivity contribution is -0.0130.